The molecule has 1 nitrogen and oxygen atoms in total. The van der Waals surface area contributed by atoms with E-state index in [1.807, 2.05) is 12.1 Å². The van der Waals surface area contributed by atoms with E-state index in [4.69, 9.17) is 4.74 Å². The summed E-state index contributed by atoms with van der Waals surface area (Å²) < 4.78 is 5.12. The van der Waals surface area contributed by atoms with Crippen LogP contribution >= 0.6 is 0 Å². The van der Waals surface area contributed by atoms with E-state index in [0.29, 0.717) is 0 Å². The summed E-state index contributed by atoms with van der Waals surface area (Å²) in [5.74, 6) is 0.927. The van der Waals surface area contributed by atoms with Crippen LogP contribution in [0, 0.1) is 0 Å². The number of benzene rings is 1. The Morgan fingerprint density at radius 1 is 1.06 bits per heavy atom. The van der Waals surface area contributed by atoms with Gasteiger partial charge in [0.25, 0.3) is 0 Å². The van der Waals surface area contributed by atoms with Crippen LogP contribution < -0.4 is 4.74 Å². The normalized spacial score (nSPS) is 10.9. The summed E-state index contributed by atoms with van der Waals surface area (Å²) in [5.41, 5.74) is 1.34. The molecule has 0 fully saturated rings. The number of methoxy groups -OCH3 is 1. The molecular formula is C15H22O. The van der Waals surface area contributed by atoms with E-state index >= 15 is 0 Å². The first kappa shape index (κ1) is 12.8. The first-order valence-electron chi connectivity index (χ1n) is 6.14. The summed E-state index contributed by atoms with van der Waals surface area (Å²) in [5, 5.41) is 0. The lowest BCUT2D eigenvalue weighted by molar-refractivity contribution is 0.414. The number of unbranched alkanes of at least 4 members (excludes halogenated alkanes) is 3. The molecule has 0 heterocycles. The van der Waals surface area contributed by atoms with Gasteiger partial charge in [0, 0.05) is 0 Å². The van der Waals surface area contributed by atoms with Crippen molar-refractivity contribution in [3.63, 3.8) is 0 Å². The topological polar surface area (TPSA) is 9.23 Å². The molecule has 0 saturated carbocycles. The van der Waals surface area contributed by atoms with Crippen molar-refractivity contribution >= 4 is 0 Å². The molecule has 0 unspecified atom stereocenters. The Bertz CT molecular complexity index is 298. The van der Waals surface area contributed by atoms with Gasteiger partial charge in [0.2, 0.25) is 0 Å². The van der Waals surface area contributed by atoms with E-state index in [1.54, 1.807) is 7.11 Å². The molecule has 1 aromatic carbocycles. The van der Waals surface area contributed by atoms with Crippen LogP contribution in [0.5, 0.6) is 5.75 Å². The summed E-state index contributed by atoms with van der Waals surface area (Å²) >= 11 is 0. The van der Waals surface area contributed by atoms with Gasteiger partial charge in [-0.05, 0) is 37.0 Å². The molecular weight excluding hydrogens is 196 g/mol. The zero-order chi connectivity index (χ0) is 11.6. The lowest BCUT2D eigenvalue weighted by atomic mass is 10.1. The highest BCUT2D eigenvalue weighted by Gasteiger charge is 1.91. The van der Waals surface area contributed by atoms with Gasteiger partial charge in [-0.2, -0.15) is 0 Å². The molecule has 1 rings (SSSR count). The highest BCUT2D eigenvalue weighted by molar-refractivity contribution is 5.28. The van der Waals surface area contributed by atoms with Crippen molar-refractivity contribution in [1.29, 1.82) is 0 Å². The summed E-state index contributed by atoms with van der Waals surface area (Å²) in [6.07, 6.45) is 10.7. The minimum absolute atomic E-state index is 0.927. The van der Waals surface area contributed by atoms with Crippen LogP contribution in [-0.4, -0.2) is 7.11 Å². The second kappa shape index (κ2) is 7.98. The fourth-order valence-corrected chi connectivity index (χ4v) is 1.61. The van der Waals surface area contributed by atoms with E-state index in [2.05, 4.69) is 31.2 Å². The van der Waals surface area contributed by atoms with E-state index in [-0.39, 0.29) is 0 Å². The molecule has 1 heteroatoms. The van der Waals surface area contributed by atoms with Crippen LogP contribution in [0.2, 0.25) is 0 Å². The number of hydrogen-bond donors (Lipinski definition) is 0. The van der Waals surface area contributed by atoms with Gasteiger partial charge in [-0.25, -0.2) is 0 Å². The number of allylic oxidation sites excluding steroid dienone is 2. The Labute approximate surface area is 99.1 Å². The van der Waals surface area contributed by atoms with Crippen molar-refractivity contribution in [2.24, 2.45) is 0 Å². The quantitative estimate of drug-likeness (QED) is 0.487. The molecule has 0 bridgehead atoms. The van der Waals surface area contributed by atoms with Gasteiger partial charge in [0.05, 0.1) is 7.11 Å². The van der Waals surface area contributed by atoms with Crippen molar-refractivity contribution < 1.29 is 4.74 Å². The number of ether oxygens (including phenoxy) is 1. The lowest BCUT2D eigenvalue weighted by Gasteiger charge is -2.00. The lowest BCUT2D eigenvalue weighted by Crippen LogP contribution is -1.84. The molecule has 0 atom stereocenters. The molecule has 16 heavy (non-hydrogen) atoms. The Kier molecular flexibility index (Phi) is 6.39. The first-order valence-corrected chi connectivity index (χ1v) is 6.14. The molecule has 0 aromatic heterocycles. The fourth-order valence-electron chi connectivity index (χ4n) is 1.61. The molecule has 88 valence electrons. The zero-order valence-electron chi connectivity index (χ0n) is 10.4. The largest absolute Gasteiger partial charge is 0.497 e. The van der Waals surface area contributed by atoms with Gasteiger partial charge in [-0.1, -0.05) is 44.1 Å². The monoisotopic (exact) mass is 218 g/mol. The van der Waals surface area contributed by atoms with Crippen LogP contribution in [0.4, 0.5) is 0 Å². The van der Waals surface area contributed by atoms with Gasteiger partial charge in [0.15, 0.2) is 0 Å². The van der Waals surface area contributed by atoms with Gasteiger partial charge in [-0.3, -0.25) is 0 Å². The Morgan fingerprint density at radius 3 is 2.44 bits per heavy atom. The highest BCUT2D eigenvalue weighted by Crippen LogP contribution is 2.12. The maximum Gasteiger partial charge on any atom is 0.118 e. The Hall–Kier alpha value is -1.24. The minimum Gasteiger partial charge on any atom is -0.497 e. The third kappa shape index (κ3) is 5.01. The standard InChI is InChI=1S/C15H22O/c1-3-4-5-6-7-8-9-14-10-12-15(16-2)13-11-14/h7-8,10-13H,3-6,9H2,1-2H3. The number of rotatable bonds is 7. The van der Waals surface area contributed by atoms with Gasteiger partial charge >= 0.3 is 0 Å². The average Bonchev–Trinajstić information content (AvgIpc) is 2.34. The van der Waals surface area contributed by atoms with Crippen molar-refractivity contribution in [2.75, 3.05) is 7.11 Å². The average molecular weight is 218 g/mol. The predicted octanol–water partition coefficient (Wildman–Crippen LogP) is 4.37. The van der Waals surface area contributed by atoms with Crippen molar-refractivity contribution in [2.45, 2.75) is 39.0 Å². The predicted molar refractivity (Wildman–Crippen MR) is 70.0 cm³/mol. The van der Waals surface area contributed by atoms with Gasteiger partial charge < -0.3 is 4.74 Å². The second-order valence-electron chi connectivity index (χ2n) is 4.02. The smallest absolute Gasteiger partial charge is 0.118 e. The summed E-state index contributed by atoms with van der Waals surface area (Å²) in [7, 11) is 1.70. The molecule has 0 amide bonds. The first-order chi connectivity index (χ1) is 7.86. The van der Waals surface area contributed by atoms with Gasteiger partial charge in [-0.15, -0.1) is 0 Å². The maximum atomic E-state index is 5.12. The van der Waals surface area contributed by atoms with Crippen LogP contribution in [0.15, 0.2) is 36.4 Å². The molecule has 1 aromatic rings. The molecule has 0 aliphatic carbocycles. The summed E-state index contributed by atoms with van der Waals surface area (Å²) in [6.45, 7) is 2.24. The maximum absolute atomic E-state index is 5.12. The molecule has 0 aliphatic rings. The molecule has 0 aliphatic heterocycles. The third-order valence-electron chi connectivity index (χ3n) is 2.65. The molecule has 0 saturated heterocycles. The van der Waals surface area contributed by atoms with E-state index < -0.39 is 0 Å². The second-order valence-corrected chi connectivity index (χ2v) is 4.02. The van der Waals surface area contributed by atoms with Crippen LogP contribution in [-0.2, 0) is 6.42 Å². The minimum atomic E-state index is 0.927. The van der Waals surface area contributed by atoms with Crippen LogP contribution in [0.3, 0.4) is 0 Å². The highest BCUT2D eigenvalue weighted by atomic mass is 16.5. The SMILES string of the molecule is CCCCCC=CCc1ccc(OC)cc1. The third-order valence-corrected chi connectivity index (χ3v) is 2.65. The molecule has 0 spiro atoms. The van der Waals surface area contributed by atoms with Crippen LogP contribution in [0.25, 0.3) is 0 Å². The van der Waals surface area contributed by atoms with E-state index in [1.165, 1.54) is 31.2 Å². The molecule has 0 radical (unpaired) electrons. The Balaban J connectivity index is 2.25. The van der Waals surface area contributed by atoms with E-state index in [0.717, 1.165) is 12.2 Å². The van der Waals surface area contributed by atoms with Gasteiger partial charge in [0.1, 0.15) is 5.75 Å². The van der Waals surface area contributed by atoms with E-state index in [9.17, 15) is 0 Å². The summed E-state index contributed by atoms with van der Waals surface area (Å²) in [6, 6.07) is 8.27. The van der Waals surface area contributed by atoms with Crippen LogP contribution in [0.1, 0.15) is 38.2 Å². The van der Waals surface area contributed by atoms with Crippen molar-refractivity contribution in [3.05, 3.63) is 42.0 Å². The van der Waals surface area contributed by atoms with Crippen molar-refractivity contribution in [1.82, 2.24) is 0 Å². The number of hydrogen-bond acceptors (Lipinski definition) is 1. The Morgan fingerprint density at radius 2 is 1.81 bits per heavy atom. The zero-order valence-corrected chi connectivity index (χ0v) is 10.4. The van der Waals surface area contributed by atoms with Crippen molar-refractivity contribution in [3.8, 4) is 5.75 Å². The molecule has 0 N–H and O–H groups in total. The summed E-state index contributed by atoms with van der Waals surface area (Å²) in [4.78, 5) is 0. The fraction of sp³-hybridized carbons (Fsp3) is 0.467.